The zero-order valence-electron chi connectivity index (χ0n) is 10.8. The molecule has 0 aromatic heterocycles. The van der Waals surface area contributed by atoms with Crippen molar-refractivity contribution in [1.82, 2.24) is 5.32 Å². The standard InChI is InChI=1S/C14H16ClF2NO2/c15-9-1-3-12(20-14(16)17)8(5-9)7-18-11-6-10-2-4-13(11)19-10/h1,3,5,10-11,13-14,18H,2,4,6-7H2. The first-order chi connectivity index (χ1) is 9.61. The van der Waals surface area contributed by atoms with Crippen molar-refractivity contribution in [1.29, 1.82) is 0 Å². The Bertz CT molecular complexity index is 486. The van der Waals surface area contributed by atoms with Gasteiger partial charge in [0.05, 0.1) is 12.2 Å². The summed E-state index contributed by atoms with van der Waals surface area (Å²) in [5.74, 6) is 0.168. The second-order valence-corrected chi connectivity index (χ2v) is 5.66. The van der Waals surface area contributed by atoms with Crippen LogP contribution in [0.4, 0.5) is 8.78 Å². The highest BCUT2D eigenvalue weighted by molar-refractivity contribution is 6.30. The van der Waals surface area contributed by atoms with Crippen LogP contribution in [0.3, 0.4) is 0 Å². The fourth-order valence-electron chi connectivity index (χ4n) is 2.99. The monoisotopic (exact) mass is 303 g/mol. The molecule has 6 heteroatoms. The lowest BCUT2D eigenvalue weighted by atomic mass is 9.95. The maximum atomic E-state index is 12.4. The molecular formula is C14H16ClF2NO2. The molecule has 0 spiro atoms. The normalized spacial score (nSPS) is 28.3. The first kappa shape index (κ1) is 14.0. The van der Waals surface area contributed by atoms with Gasteiger partial charge in [-0.3, -0.25) is 0 Å². The van der Waals surface area contributed by atoms with Crippen LogP contribution in [0.1, 0.15) is 24.8 Å². The van der Waals surface area contributed by atoms with E-state index in [0.29, 0.717) is 23.2 Å². The Labute approximate surface area is 121 Å². The molecule has 0 saturated carbocycles. The van der Waals surface area contributed by atoms with Crippen LogP contribution >= 0.6 is 11.6 Å². The number of hydrogen-bond acceptors (Lipinski definition) is 3. The van der Waals surface area contributed by atoms with Gasteiger partial charge in [-0.2, -0.15) is 8.78 Å². The predicted molar refractivity (Wildman–Crippen MR) is 71.2 cm³/mol. The van der Waals surface area contributed by atoms with Gasteiger partial charge in [0.1, 0.15) is 5.75 Å². The van der Waals surface area contributed by atoms with Crippen molar-refractivity contribution in [3.05, 3.63) is 28.8 Å². The van der Waals surface area contributed by atoms with Crippen LogP contribution in [0.25, 0.3) is 0 Å². The zero-order chi connectivity index (χ0) is 14.1. The van der Waals surface area contributed by atoms with Gasteiger partial charge in [-0.25, -0.2) is 0 Å². The maximum Gasteiger partial charge on any atom is 0.387 e. The van der Waals surface area contributed by atoms with Crippen molar-refractivity contribution < 1.29 is 18.3 Å². The van der Waals surface area contributed by atoms with Crippen molar-refractivity contribution in [2.75, 3.05) is 0 Å². The Kier molecular flexibility index (Phi) is 4.10. The lowest BCUT2D eigenvalue weighted by Gasteiger charge is -2.21. The van der Waals surface area contributed by atoms with Gasteiger partial charge in [-0.05, 0) is 37.5 Å². The summed E-state index contributed by atoms with van der Waals surface area (Å²) < 4.78 is 35.0. The van der Waals surface area contributed by atoms with Gasteiger partial charge in [0.15, 0.2) is 0 Å². The molecule has 110 valence electrons. The van der Waals surface area contributed by atoms with Crippen LogP contribution < -0.4 is 10.1 Å². The molecular weight excluding hydrogens is 288 g/mol. The van der Waals surface area contributed by atoms with E-state index in [0.717, 1.165) is 19.3 Å². The van der Waals surface area contributed by atoms with Crippen LogP contribution in [-0.4, -0.2) is 24.9 Å². The minimum atomic E-state index is -2.83. The molecule has 1 aromatic rings. The molecule has 0 aliphatic carbocycles. The number of rotatable bonds is 5. The van der Waals surface area contributed by atoms with Crippen LogP contribution in [0.5, 0.6) is 5.75 Å². The zero-order valence-corrected chi connectivity index (χ0v) is 11.6. The smallest absolute Gasteiger partial charge is 0.387 e. The van der Waals surface area contributed by atoms with Gasteiger partial charge < -0.3 is 14.8 Å². The Balaban J connectivity index is 1.65. The minimum absolute atomic E-state index is 0.168. The molecule has 2 aliphatic rings. The number of ether oxygens (including phenoxy) is 2. The number of nitrogens with one attached hydrogen (secondary N) is 1. The van der Waals surface area contributed by atoms with E-state index in [-0.39, 0.29) is 17.9 Å². The highest BCUT2D eigenvalue weighted by atomic mass is 35.5. The summed E-state index contributed by atoms with van der Waals surface area (Å²) in [6.45, 7) is -2.39. The van der Waals surface area contributed by atoms with E-state index in [9.17, 15) is 8.78 Å². The van der Waals surface area contributed by atoms with Gasteiger partial charge in [0.25, 0.3) is 0 Å². The summed E-state index contributed by atoms with van der Waals surface area (Å²) >= 11 is 5.92. The van der Waals surface area contributed by atoms with E-state index in [2.05, 4.69) is 10.1 Å². The molecule has 20 heavy (non-hydrogen) atoms. The fourth-order valence-corrected chi connectivity index (χ4v) is 3.19. The summed E-state index contributed by atoms with van der Waals surface area (Å²) in [5.41, 5.74) is 0.639. The maximum absolute atomic E-state index is 12.4. The van der Waals surface area contributed by atoms with Gasteiger partial charge in [-0.1, -0.05) is 11.6 Å². The highest BCUT2D eigenvalue weighted by Crippen LogP contribution is 2.34. The lowest BCUT2D eigenvalue weighted by molar-refractivity contribution is -0.0505. The second-order valence-electron chi connectivity index (χ2n) is 5.23. The summed E-state index contributed by atoms with van der Waals surface area (Å²) in [5, 5.41) is 3.87. The molecule has 2 aliphatic heterocycles. The molecule has 2 fully saturated rings. The average Bonchev–Trinajstić information content (AvgIpc) is 3.00. The number of benzene rings is 1. The molecule has 0 radical (unpaired) electrons. The molecule has 1 aromatic carbocycles. The van der Waals surface area contributed by atoms with Crippen molar-refractivity contribution in [2.24, 2.45) is 0 Å². The first-order valence-electron chi connectivity index (χ1n) is 6.74. The fraction of sp³-hybridized carbons (Fsp3) is 0.571. The van der Waals surface area contributed by atoms with Gasteiger partial charge in [0.2, 0.25) is 0 Å². The van der Waals surface area contributed by atoms with E-state index >= 15 is 0 Å². The summed E-state index contributed by atoms with van der Waals surface area (Å²) in [6, 6.07) is 4.96. The van der Waals surface area contributed by atoms with Crippen molar-refractivity contribution in [3.8, 4) is 5.75 Å². The van der Waals surface area contributed by atoms with Gasteiger partial charge >= 0.3 is 6.61 Å². The third-order valence-electron chi connectivity index (χ3n) is 3.90. The van der Waals surface area contributed by atoms with Crippen LogP contribution in [0, 0.1) is 0 Å². The van der Waals surface area contributed by atoms with Gasteiger partial charge in [0, 0.05) is 23.2 Å². The third kappa shape index (κ3) is 3.05. The summed E-state index contributed by atoms with van der Waals surface area (Å²) in [6.07, 6.45) is 3.78. The SMILES string of the molecule is FC(F)Oc1ccc(Cl)cc1CNC1CC2CCC1O2. The molecule has 2 heterocycles. The Morgan fingerprint density at radius 1 is 1.40 bits per heavy atom. The molecule has 2 bridgehead atoms. The molecule has 3 atom stereocenters. The number of alkyl halides is 2. The van der Waals surface area contributed by atoms with E-state index < -0.39 is 6.61 Å². The third-order valence-corrected chi connectivity index (χ3v) is 4.13. The molecule has 0 amide bonds. The largest absolute Gasteiger partial charge is 0.434 e. The van der Waals surface area contributed by atoms with E-state index in [1.807, 2.05) is 0 Å². The summed E-state index contributed by atoms with van der Waals surface area (Å²) in [4.78, 5) is 0. The summed E-state index contributed by atoms with van der Waals surface area (Å²) in [7, 11) is 0. The Hall–Kier alpha value is -0.910. The topological polar surface area (TPSA) is 30.5 Å². The van der Waals surface area contributed by atoms with Crippen molar-refractivity contribution in [3.63, 3.8) is 0 Å². The Morgan fingerprint density at radius 2 is 2.25 bits per heavy atom. The van der Waals surface area contributed by atoms with E-state index in [1.165, 1.54) is 6.07 Å². The second kappa shape index (κ2) is 5.84. The van der Waals surface area contributed by atoms with E-state index in [1.54, 1.807) is 12.1 Å². The Morgan fingerprint density at radius 3 is 2.90 bits per heavy atom. The van der Waals surface area contributed by atoms with Gasteiger partial charge in [-0.15, -0.1) is 0 Å². The number of halogens is 3. The first-order valence-corrected chi connectivity index (χ1v) is 7.11. The lowest BCUT2D eigenvalue weighted by Crippen LogP contribution is -2.37. The quantitative estimate of drug-likeness (QED) is 0.905. The number of fused-ring (bicyclic) bond motifs is 2. The van der Waals surface area contributed by atoms with E-state index in [4.69, 9.17) is 16.3 Å². The number of hydrogen-bond donors (Lipinski definition) is 1. The van der Waals surface area contributed by atoms with Crippen LogP contribution in [0.15, 0.2) is 18.2 Å². The van der Waals surface area contributed by atoms with Crippen molar-refractivity contribution in [2.45, 2.75) is 50.7 Å². The van der Waals surface area contributed by atoms with Crippen LogP contribution in [0.2, 0.25) is 5.02 Å². The molecule has 1 N–H and O–H groups in total. The predicted octanol–water partition coefficient (Wildman–Crippen LogP) is 3.35. The molecule has 3 rings (SSSR count). The highest BCUT2D eigenvalue weighted by Gasteiger charge is 2.40. The van der Waals surface area contributed by atoms with Crippen molar-refractivity contribution >= 4 is 11.6 Å². The van der Waals surface area contributed by atoms with Crippen LogP contribution in [-0.2, 0) is 11.3 Å². The minimum Gasteiger partial charge on any atom is -0.434 e. The molecule has 3 nitrogen and oxygen atoms in total. The molecule has 2 saturated heterocycles. The average molecular weight is 304 g/mol. The molecule has 3 unspecified atom stereocenters.